The minimum absolute atomic E-state index is 0.0801. The van der Waals surface area contributed by atoms with Gasteiger partial charge in [-0.3, -0.25) is 14.2 Å². The highest BCUT2D eigenvalue weighted by atomic mass is 16.3. The van der Waals surface area contributed by atoms with E-state index in [4.69, 9.17) is 0 Å². The third kappa shape index (κ3) is 4.26. The van der Waals surface area contributed by atoms with E-state index in [1.54, 1.807) is 4.68 Å². The molecule has 1 aromatic carbocycles. The highest BCUT2D eigenvalue weighted by molar-refractivity contribution is 5.77. The molecule has 9 nitrogen and oxygen atoms in total. The van der Waals surface area contributed by atoms with E-state index >= 15 is 0 Å². The van der Waals surface area contributed by atoms with Gasteiger partial charge in [0.2, 0.25) is 5.91 Å². The lowest BCUT2D eigenvalue weighted by atomic mass is 9.91. The number of carbonyl (C=O) groups excluding carboxylic acids is 1. The molecule has 0 bridgehead atoms. The van der Waals surface area contributed by atoms with Gasteiger partial charge in [-0.05, 0) is 44.0 Å². The first-order valence-electron chi connectivity index (χ1n) is 11.5. The molecule has 9 heteroatoms. The van der Waals surface area contributed by atoms with Crippen molar-refractivity contribution in [3.63, 3.8) is 0 Å². The zero-order valence-corrected chi connectivity index (χ0v) is 19.1. The molecule has 176 valence electrons. The Bertz CT molecular complexity index is 1330. The van der Waals surface area contributed by atoms with Crippen molar-refractivity contribution in [2.24, 2.45) is 0 Å². The summed E-state index contributed by atoms with van der Waals surface area (Å²) in [6, 6.07) is 13.5. The largest absolute Gasteiger partial charge is 0.388 e. The maximum Gasteiger partial charge on any atom is 0.264 e. The highest BCUT2D eigenvalue weighted by Crippen LogP contribution is 2.25. The van der Waals surface area contributed by atoms with Crippen LogP contribution in [-0.4, -0.2) is 58.5 Å². The molecule has 1 saturated heterocycles. The molecule has 1 atom stereocenters. The number of rotatable bonds is 6. The molecule has 1 N–H and O–H groups in total. The molecule has 0 unspecified atom stereocenters. The number of fused-ring (bicyclic) bond motifs is 1. The lowest BCUT2D eigenvalue weighted by Gasteiger charge is -2.38. The first-order chi connectivity index (χ1) is 16.4. The van der Waals surface area contributed by atoms with Gasteiger partial charge >= 0.3 is 0 Å². The summed E-state index contributed by atoms with van der Waals surface area (Å²) in [7, 11) is 0. The minimum Gasteiger partial charge on any atom is -0.388 e. The number of piperidine rings is 1. The summed E-state index contributed by atoms with van der Waals surface area (Å²) in [5.41, 5.74) is -0.00233. The summed E-state index contributed by atoms with van der Waals surface area (Å²) in [6.45, 7) is 3.08. The number of nitrogens with zero attached hydrogens (tertiary/aromatic N) is 6. The van der Waals surface area contributed by atoms with Crippen LogP contribution in [0.3, 0.4) is 0 Å². The number of hydrogen-bond donors (Lipinski definition) is 1. The third-order valence-corrected chi connectivity index (χ3v) is 6.67. The summed E-state index contributed by atoms with van der Waals surface area (Å²) in [6.07, 6.45) is 8.14. The molecule has 0 radical (unpaired) electrons. The topological polar surface area (TPSA) is 98.2 Å². The van der Waals surface area contributed by atoms with Crippen LogP contribution in [-0.2, 0) is 11.3 Å². The van der Waals surface area contributed by atoms with Crippen molar-refractivity contribution >= 4 is 16.9 Å². The van der Waals surface area contributed by atoms with Crippen LogP contribution in [0.15, 0.2) is 72.2 Å². The molecule has 5 rings (SSSR count). The van der Waals surface area contributed by atoms with Crippen LogP contribution in [0.2, 0.25) is 0 Å². The number of likely N-dealkylation sites (tertiary alicyclic amines) is 1. The van der Waals surface area contributed by atoms with Gasteiger partial charge in [0, 0.05) is 37.9 Å². The lowest BCUT2D eigenvalue weighted by Crippen LogP contribution is -2.49. The minimum atomic E-state index is -1.07. The predicted octanol–water partition coefficient (Wildman–Crippen LogP) is 2.39. The van der Waals surface area contributed by atoms with Crippen LogP contribution in [0.4, 0.5) is 0 Å². The number of carbonyl (C=O) groups is 1. The van der Waals surface area contributed by atoms with E-state index in [0.29, 0.717) is 43.4 Å². The van der Waals surface area contributed by atoms with Crippen LogP contribution in [0.1, 0.15) is 32.2 Å². The van der Waals surface area contributed by atoms with E-state index in [-0.39, 0.29) is 24.1 Å². The maximum atomic E-state index is 13.1. The van der Waals surface area contributed by atoms with Crippen LogP contribution in [0, 0.1) is 0 Å². The van der Waals surface area contributed by atoms with Gasteiger partial charge < -0.3 is 14.6 Å². The average molecular weight is 461 g/mol. The van der Waals surface area contributed by atoms with Gasteiger partial charge in [-0.1, -0.05) is 18.2 Å². The number of aromatic nitrogens is 5. The van der Waals surface area contributed by atoms with E-state index in [2.05, 4.69) is 10.1 Å². The van der Waals surface area contributed by atoms with Crippen LogP contribution in [0.25, 0.3) is 16.7 Å². The second-order valence-corrected chi connectivity index (χ2v) is 9.10. The van der Waals surface area contributed by atoms with Crippen LogP contribution < -0.4 is 5.56 Å². The average Bonchev–Trinajstić information content (AvgIpc) is 3.53. The second kappa shape index (κ2) is 8.90. The molecule has 1 amide bonds. The lowest BCUT2D eigenvalue weighted by molar-refractivity contribution is -0.136. The number of benzene rings is 1. The Morgan fingerprint density at radius 3 is 2.53 bits per heavy atom. The molecule has 0 aliphatic carbocycles. The summed E-state index contributed by atoms with van der Waals surface area (Å²) in [5.74, 6) is 0.0804. The molecule has 34 heavy (non-hydrogen) atoms. The van der Waals surface area contributed by atoms with Crippen LogP contribution in [0.5, 0.6) is 0 Å². The summed E-state index contributed by atoms with van der Waals surface area (Å²) in [5, 5.41) is 15.9. The van der Waals surface area contributed by atoms with Gasteiger partial charge in [0.15, 0.2) is 5.65 Å². The van der Waals surface area contributed by atoms with E-state index < -0.39 is 5.60 Å². The fraction of sp³-hybridized carbons (Fsp3) is 0.360. The molecule has 1 fully saturated rings. The van der Waals surface area contributed by atoms with E-state index in [1.807, 2.05) is 71.2 Å². The predicted molar refractivity (Wildman–Crippen MR) is 128 cm³/mol. The van der Waals surface area contributed by atoms with Gasteiger partial charge in [-0.15, -0.1) is 0 Å². The molecule has 4 aromatic rings. The molecule has 1 aliphatic rings. The zero-order valence-electron chi connectivity index (χ0n) is 19.1. The fourth-order valence-electron chi connectivity index (χ4n) is 4.60. The summed E-state index contributed by atoms with van der Waals surface area (Å²) < 4.78 is 5.10. The van der Waals surface area contributed by atoms with E-state index in [0.717, 1.165) is 5.69 Å². The van der Waals surface area contributed by atoms with Crippen molar-refractivity contribution in [2.75, 3.05) is 13.1 Å². The Labute approximate surface area is 196 Å². The quantitative estimate of drug-likeness (QED) is 0.476. The molecular formula is C25H28N6O3. The molecule has 0 saturated carbocycles. The van der Waals surface area contributed by atoms with Gasteiger partial charge in [0.1, 0.15) is 11.7 Å². The standard InChI is InChI=1S/C25H28N6O3/c1-19(28-11-5-6-12-28)15-22(32)29-13-9-25(34,10-14-29)17-30-18-26-23-21(24(30)33)16-27-31(23)20-7-3-2-4-8-20/h2-8,11-12,16,18-19,34H,9-10,13-15,17H2,1H3/t19-/m0/s1. The SMILES string of the molecule is C[C@@H](CC(=O)N1CCC(O)(Cn2cnc3c(cnn3-c3ccccc3)c2=O)CC1)n1cccc1. The number of aliphatic hydroxyl groups is 1. The van der Waals surface area contributed by atoms with E-state index in [9.17, 15) is 14.7 Å². The normalized spacial score (nSPS) is 16.6. The Kier molecular flexibility index (Phi) is 5.79. The monoisotopic (exact) mass is 460 g/mol. The highest BCUT2D eigenvalue weighted by Gasteiger charge is 2.35. The first-order valence-corrected chi connectivity index (χ1v) is 11.5. The van der Waals surface area contributed by atoms with Crippen molar-refractivity contribution in [3.8, 4) is 5.69 Å². The molecule has 0 spiro atoms. The first kappa shape index (κ1) is 22.1. The molecular weight excluding hydrogens is 432 g/mol. The fourth-order valence-corrected chi connectivity index (χ4v) is 4.60. The van der Waals surface area contributed by atoms with Crippen molar-refractivity contribution < 1.29 is 9.90 Å². The zero-order chi connectivity index (χ0) is 23.7. The molecule has 3 aromatic heterocycles. The smallest absolute Gasteiger partial charge is 0.264 e. The number of hydrogen-bond acceptors (Lipinski definition) is 5. The second-order valence-electron chi connectivity index (χ2n) is 9.10. The third-order valence-electron chi connectivity index (χ3n) is 6.67. The van der Waals surface area contributed by atoms with Crippen molar-refractivity contribution in [2.45, 2.75) is 44.4 Å². The van der Waals surface area contributed by atoms with Gasteiger partial charge in [-0.25, -0.2) is 9.67 Å². The Morgan fingerprint density at radius 1 is 1.12 bits per heavy atom. The van der Waals surface area contributed by atoms with Crippen molar-refractivity contribution in [1.29, 1.82) is 0 Å². The Morgan fingerprint density at radius 2 is 1.82 bits per heavy atom. The van der Waals surface area contributed by atoms with Crippen LogP contribution >= 0.6 is 0 Å². The summed E-state index contributed by atoms with van der Waals surface area (Å²) >= 11 is 0. The molecule has 4 heterocycles. The Hall–Kier alpha value is -3.72. The number of para-hydroxylation sites is 1. The van der Waals surface area contributed by atoms with Crippen molar-refractivity contribution in [1.82, 2.24) is 28.8 Å². The van der Waals surface area contributed by atoms with Crippen molar-refractivity contribution in [3.05, 3.63) is 77.7 Å². The van der Waals surface area contributed by atoms with E-state index in [1.165, 1.54) is 17.1 Å². The summed E-state index contributed by atoms with van der Waals surface area (Å²) in [4.78, 5) is 32.1. The van der Waals surface area contributed by atoms with Gasteiger partial charge in [0.25, 0.3) is 5.56 Å². The van der Waals surface area contributed by atoms with Gasteiger partial charge in [0.05, 0.1) is 24.0 Å². The maximum absolute atomic E-state index is 13.1. The number of amides is 1. The molecule has 1 aliphatic heterocycles. The van der Waals surface area contributed by atoms with Gasteiger partial charge in [-0.2, -0.15) is 5.10 Å². The Balaban J connectivity index is 1.26.